The summed E-state index contributed by atoms with van der Waals surface area (Å²) in [4.78, 5) is 0. The van der Waals surface area contributed by atoms with E-state index in [0.29, 0.717) is 0 Å². The Labute approximate surface area is 86.2 Å². The average Bonchev–Trinajstić information content (AvgIpc) is 1.99. The zero-order valence-electron chi connectivity index (χ0n) is 7.94. The third-order valence-corrected chi connectivity index (χ3v) is 2.04. The summed E-state index contributed by atoms with van der Waals surface area (Å²) in [5, 5.41) is 0. The Morgan fingerprint density at radius 3 is 2.23 bits per heavy atom. The average molecular weight is 251 g/mol. The number of hydrogen-bond donors (Lipinski definition) is 0. The molecule has 0 aliphatic heterocycles. The zero-order chi connectivity index (χ0) is 10.5. The molecule has 0 saturated carbocycles. The highest BCUT2D eigenvalue weighted by Crippen LogP contribution is 2.22. The second kappa shape index (κ2) is 5.32. The summed E-state index contributed by atoms with van der Waals surface area (Å²) in [6, 6.07) is 0. The number of hydrogen-bond acceptors (Lipinski definition) is 0. The molecule has 0 heterocycles. The highest BCUT2D eigenvalue weighted by Gasteiger charge is 2.22. The van der Waals surface area contributed by atoms with Crippen molar-refractivity contribution in [3.8, 4) is 0 Å². The number of halogens is 3. The standard InChI is InChI=1S/C10H13BrF2/c1-4-5-9(11)7-6-8(2)10(3,12)13/h4-7H,1-3H3/b5-4-,8-6+,9-7+. The van der Waals surface area contributed by atoms with E-state index in [4.69, 9.17) is 0 Å². The Bertz CT molecular complexity index is 244. The van der Waals surface area contributed by atoms with Gasteiger partial charge in [0.25, 0.3) is 5.92 Å². The molecule has 0 unspecified atom stereocenters. The van der Waals surface area contributed by atoms with Crippen LogP contribution in [0.2, 0.25) is 0 Å². The van der Waals surface area contributed by atoms with Crippen LogP contribution in [0, 0.1) is 0 Å². The van der Waals surface area contributed by atoms with E-state index in [1.54, 1.807) is 12.2 Å². The molecule has 0 aromatic heterocycles. The summed E-state index contributed by atoms with van der Waals surface area (Å²) in [6.45, 7) is 4.16. The van der Waals surface area contributed by atoms with E-state index in [1.165, 1.54) is 13.0 Å². The van der Waals surface area contributed by atoms with E-state index >= 15 is 0 Å². The normalized spacial score (nSPS) is 15.5. The van der Waals surface area contributed by atoms with Gasteiger partial charge in [-0.3, -0.25) is 0 Å². The Morgan fingerprint density at radius 2 is 1.85 bits per heavy atom. The first-order valence-corrected chi connectivity index (χ1v) is 4.72. The SMILES string of the molecule is C\C=C/C(Br)=C\C=C(/C)C(C)(F)F. The fourth-order valence-corrected chi connectivity index (χ4v) is 0.962. The second-order valence-corrected chi connectivity index (χ2v) is 3.71. The van der Waals surface area contributed by atoms with Gasteiger partial charge >= 0.3 is 0 Å². The van der Waals surface area contributed by atoms with Gasteiger partial charge in [0.2, 0.25) is 0 Å². The Hall–Kier alpha value is -0.440. The third-order valence-electron chi connectivity index (χ3n) is 1.51. The minimum absolute atomic E-state index is 0.0500. The van der Waals surface area contributed by atoms with Gasteiger partial charge in [0, 0.05) is 11.4 Å². The molecule has 0 aliphatic rings. The highest BCUT2D eigenvalue weighted by atomic mass is 79.9. The topological polar surface area (TPSA) is 0 Å². The van der Waals surface area contributed by atoms with E-state index in [0.717, 1.165) is 11.4 Å². The van der Waals surface area contributed by atoms with E-state index in [2.05, 4.69) is 15.9 Å². The molecular weight excluding hydrogens is 238 g/mol. The van der Waals surface area contributed by atoms with Crippen LogP contribution in [0.4, 0.5) is 8.78 Å². The van der Waals surface area contributed by atoms with E-state index < -0.39 is 5.92 Å². The van der Waals surface area contributed by atoms with Crippen molar-refractivity contribution < 1.29 is 8.78 Å². The molecule has 0 rings (SSSR count). The van der Waals surface area contributed by atoms with Gasteiger partial charge in [-0.25, -0.2) is 8.78 Å². The van der Waals surface area contributed by atoms with Crippen LogP contribution in [-0.2, 0) is 0 Å². The zero-order valence-corrected chi connectivity index (χ0v) is 9.53. The Balaban J connectivity index is 4.51. The molecule has 0 aromatic rings. The van der Waals surface area contributed by atoms with E-state index in [9.17, 15) is 8.78 Å². The van der Waals surface area contributed by atoms with Crippen LogP contribution >= 0.6 is 15.9 Å². The van der Waals surface area contributed by atoms with Gasteiger partial charge < -0.3 is 0 Å². The second-order valence-electron chi connectivity index (χ2n) is 2.79. The van der Waals surface area contributed by atoms with Crippen LogP contribution < -0.4 is 0 Å². The summed E-state index contributed by atoms with van der Waals surface area (Å²) in [6.07, 6.45) is 6.63. The van der Waals surface area contributed by atoms with Crippen LogP contribution in [-0.4, -0.2) is 5.92 Å². The van der Waals surface area contributed by atoms with Gasteiger partial charge in [0.15, 0.2) is 0 Å². The molecule has 0 aliphatic carbocycles. The number of alkyl halides is 2. The molecular formula is C10H13BrF2. The first-order chi connectivity index (χ1) is 5.88. The van der Waals surface area contributed by atoms with Crippen molar-refractivity contribution in [3.63, 3.8) is 0 Å². The van der Waals surface area contributed by atoms with Gasteiger partial charge in [0.1, 0.15) is 0 Å². The van der Waals surface area contributed by atoms with Crippen molar-refractivity contribution in [2.45, 2.75) is 26.7 Å². The smallest absolute Gasteiger partial charge is 0.202 e. The van der Waals surface area contributed by atoms with Gasteiger partial charge in [-0.15, -0.1) is 0 Å². The van der Waals surface area contributed by atoms with Crippen LogP contribution in [0.1, 0.15) is 20.8 Å². The summed E-state index contributed by atoms with van der Waals surface area (Å²) in [5.41, 5.74) is 0.0500. The molecule has 0 bridgehead atoms. The molecule has 3 heteroatoms. The minimum atomic E-state index is -2.74. The van der Waals surface area contributed by atoms with E-state index in [-0.39, 0.29) is 5.57 Å². The predicted octanol–water partition coefficient (Wildman–Crippen LogP) is 4.44. The summed E-state index contributed by atoms with van der Waals surface area (Å²) < 4.78 is 26.0. The molecule has 0 nitrogen and oxygen atoms in total. The van der Waals surface area contributed by atoms with Gasteiger partial charge in [-0.1, -0.05) is 34.2 Å². The van der Waals surface area contributed by atoms with Crippen molar-refractivity contribution in [2.24, 2.45) is 0 Å². The Morgan fingerprint density at radius 1 is 1.31 bits per heavy atom. The molecule has 13 heavy (non-hydrogen) atoms. The first kappa shape index (κ1) is 12.6. The van der Waals surface area contributed by atoms with Gasteiger partial charge in [0.05, 0.1) is 0 Å². The van der Waals surface area contributed by atoms with Gasteiger partial charge in [-0.2, -0.15) is 0 Å². The number of allylic oxidation sites excluding steroid dienone is 6. The summed E-state index contributed by atoms with van der Waals surface area (Å²) in [5.74, 6) is -2.74. The molecule has 0 saturated heterocycles. The fourth-order valence-electron chi connectivity index (χ4n) is 0.566. The predicted molar refractivity (Wildman–Crippen MR) is 56.2 cm³/mol. The maximum absolute atomic E-state index is 12.6. The molecule has 0 aromatic carbocycles. The van der Waals surface area contributed by atoms with Crippen molar-refractivity contribution in [3.05, 3.63) is 34.4 Å². The first-order valence-electron chi connectivity index (χ1n) is 3.93. The molecule has 0 atom stereocenters. The fraction of sp³-hybridized carbons (Fsp3) is 0.400. The lowest BCUT2D eigenvalue weighted by Crippen LogP contribution is -2.10. The molecule has 0 radical (unpaired) electrons. The third kappa shape index (κ3) is 5.75. The maximum atomic E-state index is 12.6. The molecule has 0 N–H and O–H groups in total. The van der Waals surface area contributed by atoms with Crippen LogP contribution in [0.25, 0.3) is 0 Å². The van der Waals surface area contributed by atoms with Crippen LogP contribution in [0.3, 0.4) is 0 Å². The number of rotatable bonds is 3. The monoisotopic (exact) mass is 250 g/mol. The lowest BCUT2D eigenvalue weighted by atomic mass is 10.1. The molecule has 0 amide bonds. The largest absolute Gasteiger partial charge is 0.266 e. The van der Waals surface area contributed by atoms with E-state index in [1.807, 2.05) is 13.0 Å². The Kier molecular flexibility index (Phi) is 5.14. The summed E-state index contributed by atoms with van der Waals surface area (Å²) in [7, 11) is 0. The van der Waals surface area contributed by atoms with Crippen molar-refractivity contribution in [1.82, 2.24) is 0 Å². The lowest BCUT2D eigenvalue weighted by molar-refractivity contribution is 0.0635. The summed E-state index contributed by atoms with van der Waals surface area (Å²) >= 11 is 3.22. The quantitative estimate of drug-likeness (QED) is 0.650. The van der Waals surface area contributed by atoms with Crippen molar-refractivity contribution >= 4 is 15.9 Å². The highest BCUT2D eigenvalue weighted by molar-refractivity contribution is 9.11. The van der Waals surface area contributed by atoms with Gasteiger partial charge in [-0.05, 0) is 25.5 Å². The molecule has 0 fully saturated rings. The molecule has 74 valence electrons. The van der Waals surface area contributed by atoms with Crippen molar-refractivity contribution in [2.75, 3.05) is 0 Å². The van der Waals surface area contributed by atoms with Crippen LogP contribution in [0.5, 0.6) is 0 Å². The lowest BCUT2D eigenvalue weighted by Gasteiger charge is -2.08. The van der Waals surface area contributed by atoms with Crippen molar-refractivity contribution in [1.29, 1.82) is 0 Å². The maximum Gasteiger partial charge on any atom is 0.266 e. The minimum Gasteiger partial charge on any atom is -0.202 e. The molecule has 0 spiro atoms. The van der Waals surface area contributed by atoms with Crippen LogP contribution in [0.15, 0.2) is 34.4 Å².